The predicted octanol–water partition coefficient (Wildman–Crippen LogP) is 2.18. The van der Waals surface area contributed by atoms with Crippen LogP contribution in [-0.4, -0.2) is 29.9 Å². The molecule has 17 heavy (non-hydrogen) atoms. The third kappa shape index (κ3) is 2.30. The number of benzene rings is 1. The Hall–Kier alpha value is -1.84. The van der Waals surface area contributed by atoms with E-state index < -0.39 is 0 Å². The molecule has 1 aromatic carbocycles. The number of carbonyl (C=O) groups is 1. The number of nitrogens with zero attached hydrogens (tertiary/aromatic N) is 1. The molecule has 0 bridgehead atoms. The van der Waals surface area contributed by atoms with E-state index in [1.54, 1.807) is 11.9 Å². The zero-order valence-corrected chi connectivity index (χ0v) is 10.1. The summed E-state index contributed by atoms with van der Waals surface area (Å²) in [5.41, 5.74) is 1.24. The van der Waals surface area contributed by atoms with Crippen molar-refractivity contribution in [1.29, 1.82) is 5.41 Å². The quantitative estimate of drug-likeness (QED) is 0.823. The zero-order valence-electron chi connectivity index (χ0n) is 10.1. The van der Waals surface area contributed by atoms with Gasteiger partial charge in [0, 0.05) is 7.05 Å². The summed E-state index contributed by atoms with van der Waals surface area (Å²) in [7, 11) is 1.74. The zero-order chi connectivity index (χ0) is 12.4. The number of amidine groups is 1. The second kappa shape index (κ2) is 4.57. The fourth-order valence-electron chi connectivity index (χ4n) is 2.15. The number of rotatable bonds is 3. The van der Waals surface area contributed by atoms with E-state index in [0.29, 0.717) is 11.8 Å². The maximum Gasteiger partial charge on any atom is 0.323 e. The maximum atomic E-state index is 11.4. The molecular weight excluding hydrogens is 214 g/mol. The lowest BCUT2D eigenvalue weighted by molar-refractivity contribution is 0.214. The molecule has 2 N–H and O–H groups in total. The van der Waals surface area contributed by atoms with Crippen molar-refractivity contribution >= 4 is 11.9 Å². The molecule has 1 heterocycles. The van der Waals surface area contributed by atoms with E-state index in [1.807, 2.05) is 18.2 Å². The average Bonchev–Trinajstić information content (AvgIpc) is 2.57. The molecule has 0 aliphatic carbocycles. The molecule has 1 aromatic rings. The molecule has 0 saturated carbocycles. The van der Waals surface area contributed by atoms with E-state index in [2.05, 4.69) is 24.4 Å². The van der Waals surface area contributed by atoms with Crippen LogP contribution in [0.15, 0.2) is 30.3 Å². The van der Waals surface area contributed by atoms with Gasteiger partial charge in [0.15, 0.2) is 0 Å². The summed E-state index contributed by atoms with van der Waals surface area (Å²) in [5, 5.41) is 10.3. The lowest BCUT2D eigenvalue weighted by Gasteiger charge is -2.21. The summed E-state index contributed by atoms with van der Waals surface area (Å²) in [6, 6.07) is 9.87. The van der Waals surface area contributed by atoms with Crippen molar-refractivity contribution in [3.63, 3.8) is 0 Å². The fraction of sp³-hybridized carbons (Fsp3) is 0.385. The first-order chi connectivity index (χ1) is 8.09. The lowest BCUT2D eigenvalue weighted by Crippen LogP contribution is -2.32. The third-order valence-electron chi connectivity index (χ3n) is 3.31. The predicted molar refractivity (Wildman–Crippen MR) is 67.3 cm³/mol. The summed E-state index contributed by atoms with van der Waals surface area (Å²) < 4.78 is 0. The van der Waals surface area contributed by atoms with E-state index in [1.165, 1.54) is 5.56 Å². The maximum absolute atomic E-state index is 11.4. The Balaban J connectivity index is 2.07. The van der Waals surface area contributed by atoms with Gasteiger partial charge in [-0.25, -0.2) is 4.79 Å². The third-order valence-corrected chi connectivity index (χ3v) is 3.31. The smallest absolute Gasteiger partial charge is 0.317 e. The number of hydrogen-bond donors (Lipinski definition) is 2. The van der Waals surface area contributed by atoms with Crippen LogP contribution in [-0.2, 0) is 0 Å². The number of nitrogens with one attached hydrogen (secondary N) is 2. The van der Waals surface area contributed by atoms with Gasteiger partial charge < -0.3 is 4.90 Å². The number of likely N-dealkylation sites (N-methyl/N-ethyl adjacent to an activating group) is 1. The largest absolute Gasteiger partial charge is 0.323 e. The number of amides is 2. The van der Waals surface area contributed by atoms with Crippen molar-refractivity contribution in [3.8, 4) is 0 Å². The van der Waals surface area contributed by atoms with Crippen LogP contribution in [0.3, 0.4) is 0 Å². The molecule has 1 saturated heterocycles. The summed E-state index contributed by atoms with van der Waals surface area (Å²) in [6.45, 7) is 2.12. The van der Waals surface area contributed by atoms with Crippen LogP contribution in [0.1, 0.15) is 24.8 Å². The summed E-state index contributed by atoms with van der Waals surface area (Å²) in [6.07, 6.45) is 0.776. The molecule has 90 valence electrons. The minimum Gasteiger partial charge on any atom is -0.317 e. The molecule has 4 nitrogen and oxygen atoms in total. The van der Waals surface area contributed by atoms with Crippen LogP contribution in [0.25, 0.3) is 0 Å². The highest BCUT2D eigenvalue weighted by Gasteiger charge is 2.33. The topological polar surface area (TPSA) is 56.2 Å². The highest BCUT2D eigenvalue weighted by Crippen LogP contribution is 2.24. The van der Waals surface area contributed by atoms with Crippen molar-refractivity contribution < 1.29 is 4.79 Å². The van der Waals surface area contributed by atoms with Crippen LogP contribution in [0.5, 0.6) is 0 Å². The Bertz CT molecular complexity index is 430. The minimum absolute atomic E-state index is 0.127. The number of carbonyl (C=O) groups excluding carboxylic acids is 1. The van der Waals surface area contributed by atoms with Crippen LogP contribution in [0, 0.1) is 5.41 Å². The summed E-state index contributed by atoms with van der Waals surface area (Å²) >= 11 is 0. The molecular formula is C13H17N3O. The van der Waals surface area contributed by atoms with Gasteiger partial charge in [0.1, 0.15) is 5.84 Å². The van der Waals surface area contributed by atoms with Crippen LogP contribution >= 0.6 is 0 Å². The van der Waals surface area contributed by atoms with Crippen LogP contribution < -0.4 is 5.32 Å². The van der Waals surface area contributed by atoms with Crippen molar-refractivity contribution in [2.45, 2.75) is 25.3 Å². The lowest BCUT2D eigenvalue weighted by atomic mass is 9.93. The van der Waals surface area contributed by atoms with Gasteiger partial charge >= 0.3 is 6.03 Å². The molecule has 2 unspecified atom stereocenters. The van der Waals surface area contributed by atoms with Gasteiger partial charge in [-0.2, -0.15) is 0 Å². The fourth-order valence-corrected chi connectivity index (χ4v) is 2.15. The van der Waals surface area contributed by atoms with Gasteiger partial charge in [-0.15, -0.1) is 0 Å². The number of urea groups is 1. The monoisotopic (exact) mass is 231 g/mol. The highest BCUT2D eigenvalue weighted by atomic mass is 16.2. The minimum atomic E-state index is -0.180. The Labute approximate surface area is 101 Å². The SMILES string of the molecule is CC(CC1C(=N)NC(=O)N1C)c1ccccc1. The average molecular weight is 231 g/mol. The summed E-state index contributed by atoms with van der Waals surface area (Å²) in [5.74, 6) is 0.636. The van der Waals surface area contributed by atoms with Crippen molar-refractivity contribution in [2.24, 2.45) is 0 Å². The first-order valence-corrected chi connectivity index (χ1v) is 5.77. The Morgan fingerprint density at radius 2 is 2.06 bits per heavy atom. The highest BCUT2D eigenvalue weighted by molar-refractivity contribution is 6.05. The second-order valence-electron chi connectivity index (χ2n) is 4.52. The van der Waals surface area contributed by atoms with Crippen LogP contribution in [0.4, 0.5) is 4.79 Å². The van der Waals surface area contributed by atoms with Crippen molar-refractivity contribution in [2.75, 3.05) is 7.05 Å². The van der Waals surface area contributed by atoms with Crippen LogP contribution in [0.2, 0.25) is 0 Å². The summed E-state index contributed by atoms with van der Waals surface area (Å²) in [4.78, 5) is 13.0. The molecule has 1 aliphatic heterocycles. The molecule has 2 amide bonds. The molecule has 4 heteroatoms. The molecule has 2 rings (SSSR count). The molecule has 1 aliphatic rings. The van der Waals surface area contributed by atoms with E-state index in [9.17, 15) is 4.79 Å². The molecule has 0 spiro atoms. The van der Waals surface area contributed by atoms with Crippen molar-refractivity contribution in [3.05, 3.63) is 35.9 Å². The first-order valence-electron chi connectivity index (χ1n) is 5.77. The van der Waals surface area contributed by atoms with Gasteiger partial charge in [-0.1, -0.05) is 37.3 Å². The Morgan fingerprint density at radius 1 is 1.41 bits per heavy atom. The Kier molecular flexibility index (Phi) is 3.13. The standard InChI is InChI=1S/C13H17N3O/c1-9(10-6-4-3-5-7-10)8-11-12(14)15-13(17)16(11)2/h3-7,9,11H,8H2,1-2H3,(H2,14,15,17). The molecule has 1 fully saturated rings. The number of hydrogen-bond acceptors (Lipinski definition) is 2. The van der Waals surface area contributed by atoms with E-state index in [0.717, 1.165) is 6.42 Å². The molecule has 0 aromatic heterocycles. The first kappa shape index (κ1) is 11.6. The molecule has 2 atom stereocenters. The van der Waals surface area contributed by atoms with E-state index >= 15 is 0 Å². The normalized spacial score (nSPS) is 21.5. The molecule has 0 radical (unpaired) electrons. The van der Waals surface area contributed by atoms with Gasteiger partial charge in [-0.05, 0) is 17.9 Å². The Morgan fingerprint density at radius 3 is 2.59 bits per heavy atom. The van der Waals surface area contributed by atoms with Gasteiger partial charge in [0.2, 0.25) is 0 Å². The van der Waals surface area contributed by atoms with Crippen molar-refractivity contribution in [1.82, 2.24) is 10.2 Å². The van der Waals surface area contributed by atoms with E-state index in [4.69, 9.17) is 5.41 Å². The van der Waals surface area contributed by atoms with E-state index in [-0.39, 0.29) is 12.1 Å². The second-order valence-corrected chi connectivity index (χ2v) is 4.52. The van der Waals surface area contributed by atoms with Gasteiger partial charge in [-0.3, -0.25) is 10.7 Å². The van der Waals surface area contributed by atoms with Gasteiger partial charge in [0.25, 0.3) is 0 Å². The van der Waals surface area contributed by atoms with Gasteiger partial charge in [0.05, 0.1) is 6.04 Å².